The van der Waals surface area contributed by atoms with Gasteiger partial charge in [-0.15, -0.1) is 0 Å². The highest BCUT2D eigenvalue weighted by atomic mass is 35.5. The van der Waals surface area contributed by atoms with Gasteiger partial charge in [0.25, 0.3) is 0 Å². The van der Waals surface area contributed by atoms with Crippen LogP contribution in [0.25, 0.3) is 0 Å². The first kappa shape index (κ1) is 106. The minimum absolute atomic E-state index is 0.00236. The maximum atomic E-state index is 13.6. The van der Waals surface area contributed by atoms with Crippen LogP contribution >= 0.6 is 46.4 Å². The molecule has 1 amide bonds. The van der Waals surface area contributed by atoms with Gasteiger partial charge in [0.1, 0.15) is 61.9 Å². The van der Waals surface area contributed by atoms with Crippen molar-refractivity contribution in [3.05, 3.63) is 352 Å². The van der Waals surface area contributed by atoms with E-state index in [2.05, 4.69) is 19.9 Å². The number of carboxylic acids is 1. The minimum atomic E-state index is -4.63. The lowest BCUT2D eigenvalue weighted by molar-refractivity contribution is -0.161. The van der Waals surface area contributed by atoms with Crippen LogP contribution in [0.4, 0.5) is 52.7 Å². The van der Waals surface area contributed by atoms with Gasteiger partial charge in [0, 0.05) is 74.5 Å². The monoisotopic (exact) mass is 2140 g/mol. The molecule has 0 spiro atoms. The van der Waals surface area contributed by atoms with Gasteiger partial charge < -0.3 is 98.4 Å². The van der Waals surface area contributed by atoms with Crippen LogP contribution in [0, 0.1) is 23.7 Å². The summed E-state index contributed by atoms with van der Waals surface area (Å²) in [6, 6.07) is 56.2. The van der Waals surface area contributed by atoms with E-state index in [9.17, 15) is 113 Å². The summed E-state index contributed by atoms with van der Waals surface area (Å²) in [6.45, 7) is 0.355. The maximum Gasteiger partial charge on any atom is 0.416 e. The smallest absolute Gasteiger partial charge is 0.416 e. The van der Waals surface area contributed by atoms with Crippen molar-refractivity contribution in [3.63, 3.8) is 0 Å². The van der Waals surface area contributed by atoms with Crippen LogP contribution in [0.1, 0.15) is 113 Å². The van der Waals surface area contributed by atoms with E-state index in [1.54, 1.807) is 91.0 Å². The normalized spacial score (nSPS) is 28.4. The second kappa shape index (κ2) is 38.6. The molecular weight excluding hydrogens is 2050 g/mol. The number of hydrogen-bond acceptors (Lipinski definition) is 25. The number of hydrogen-bond donors (Lipinski definition) is 9. The minimum Gasteiger partial charge on any atom is -0.481 e. The third kappa shape index (κ3) is 16.3. The number of pyridine rings is 4. The lowest BCUT2D eigenvalue weighted by Crippen LogP contribution is -2.52. The summed E-state index contributed by atoms with van der Waals surface area (Å²) in [5.74, 6) is -12.2. The van der Waals surface area contributed by atoms with Gasteiger partial charge in [-0.1, -0.05) is 216 Å². The van der Waals surface area contributed by atoms with Crippen LogP contribution in [-0.4, -0.2) is 188 Å². The molecule has 20 rings (SSSR count). The Morgan fingerprint density at radius 3 is 0.811 bits per heavy atom. The molecule has 778 valence electrons. The topological polar surface area (TPSA) is 374 Å². The average Bonchev–Trinajstić information content (AvgIpc) is 1.51. The fourth-order valence-corrected chi connectivity index (χ4v) is 24.0. The van der Waals surface area contributed by atoms with Crippen LogP contribution in [0.2, 0.25) is 20.6 Å². The van der Waals surface area contributed by atoms with Crippen molar-refractivity contribution in [3.8, 4) is 46.5 Å². The zero-order chi connectivity index (χ0) is 107. The SMILES string of the molecule is COC(=O)[C@H]1[C@@H](O)[C@@]2(O)c3c(cc(Cl)nc3OC)O[C@@]2(c2ccc(C(F)(F)F)cc2)[C@@H]1c1ccccc1.COc1nc(Cl)cc2c1[C@]1(O)[C@H](O)[C@H](C(=O)N(C)C)[C@@H](c3ccccc3)[C@]1(c1ccc(C(F)(F)F)cc1)O2.COc1nc(Cl)cc2c1[C@]1(O)[C@H](O)[C@H](C(=O)O)[C@@H](c3ccccc3)[C@]1(c1ccc(C(F)(F)F)cc1)O2.COc1nc(Cl)cc2c1[C@]1(O)[C@H](O)[C@H](CN(C)C)[C@@H](c3ccccc3)[C@]1(c1ccc(C(F)(F)F)cc1)O2. The standard InChI is InChI=1S/C27H24ClF3N2O5.C27H26ClF3N2O4.C26H21ClF3NO6.C25H19ClF3NO6/c1-33(2)24(35)19-20(14-7-5-4-6-8-14)26(15-9-11-16(12-10-15)27(29,30)31)25(36,22(19)34)21-17(38-26)13-18(28)32-23(21)37-3;1-33(2)14-18-21(15-7-5-4-6-8-15)26(16-9-11-17(12-10-16)27(29,30)31)25(35,23(18)34)22-19(37-26)13-20(28)32-24(22)36-3;1-35-22-20-16(12-17(27)31-22)37-25(14-8-10-15(11-9-14)26(28,29)30)19(13-6-4-3-5-7-13)18(23(33)36-2)21(32)24(20,25)34;1-35-21-19-15(11-16(26)30-21)36-24(13-7-9-14(10-8-13)25(27,28)29)18(12-5-3-2-4-6-12)17(22(32)33)20(31)23(19,24)34/h4-13,19-20,22,34,36H,1-3H3;4-13,18,21,23,34-35H,14H2,1-3H3;3-12,18-19,21,32,34H,1-2H3;2-11,17-18,20,31,34H,1H3,(H,32,33)/t19-,20-,22-,25+,26+;18-,21-,23-,25+,26+;18-,19-,21-,24+,25+;17-,18-,20-,23+,24+/m1111/s1. The van der Waals surface area contributed by atoms with E-state index in [0.29, 0.717) is 23.2 Å². The Balaban J connectivity index is 0.000000135. The Hall–Kier alpha value is -12.9. The van der Waals surface area contributed by atoms with Crippen LogP contribution in [0.15, 0.2) is 243 Å². The summed E-state index contributed by atoms with van der Waals surface area (Å²) in [5, 5.41) is 107. The predicted molar refractivity (Wildman–Crippen MR) is 505 cm³/mol. The van der Waals surface area contributed by atoms with Gasteiger partial charge in [0.15, 0.2) is 44.8 Å². The number of benzene rings is 8. The molecule has 0 radical (unpaired) electrons. The molecule has 27 nitrogen and oxygen atoms in total. The first-order valence-electron chi connectivity index (χ1n) is 45.2. The largest absolute Gasteiger partial charge is 0.481 e. The number of alkyl halides is 12. The van der Waals surface area contributed by atoms with Crippen molar-refractivity contribution >= 4 is 64.2 Å². The number of rotatable bonds is 17. The summed E-state index contributed by atoms with van der Waals surface area (Å²) >= 11 is 24.6. The number of methoxy groups -OCH3 is 5. The first-order valence-corrected chi connectivity index (χ1v) is 46.8. The van der Waals surface area contributed by atoms with E-state index in [1.165, 1.54) is 96.0 Å². The molecule has 43 heteroatoms. The third-order valence-corrected chi connectivity index (χ3v) is 29.8. The van der Waals surface area contributed by atoms with Crippen molar-refractivity contribution in [1.29, 1.82) is 0 Å². The van der Waals surface area contributed by atoms with Crippen molar-refractivity contribution in [2.24, 2.45) is 23.7 Å². The zero-order valence-electron chi connectivity index (χ0n) is 78.9. The van der Waals surface area contributed by atoms with Gasteiger partial charge in [-0.3, -0.25) is 14.4 Å². The number of carboxylic acid groups (broad SMARTS) is 1. The van der Waals surface area contributed by atoms with E-state index >= 15 is 0 Å². The highest BCUT2D eigenvalue weighted by Gasteiger charge is 2.83. The number of aliphatic hydroxyl groups is 8. The molecule has 0 unspecified atom stereocenters. The Morgan fingerprint density at radius 1 is 0.345 bits per heavy atom. The number of fused-ring (bicyclic) bond motifs is 12. The van der Waals surface area contributed by atoms with E-state index < -0.39 is 181 Å². The highest BCUT2D eigenvalue weighted by molar-refractivity contribution is 6.30. The van der Waals surface area contributed by atoms with Crippen LogP contribution < -0.4 is 37.9 Å². The van der Waals surface area contributed by atoms with Gasteiger partial charge in [-0.2, -0.15) is 52.7 Å². The van der Waals surface area contributed by atoms with Crippen LogP contribution in [0.5, 0.6) is 46.5 Å². The summed E-state index contributed by atoms with van der Waals surface area (Å²) in [6.07, 6.45) is -25.4. The Morgan fingerprint density at radius 2 is 0.574 bits per heavy atom. The number of halogens is 16. The number of aliphatic hydroxyl groups excluding tert-OH is 4. The summed E-state index contributed by atoms with van der Waals surface area (Å²) in [4.78, 5) is 58.8. The van der Waals surface area contributed by atoms with Crippen LogP contribution in [0.3, 0.4) is 0 Å². The number of carbonyl (C=O) groups is 3. The molecule has 8 aliphatic rings. The molecule has 9 N–H and O–H groups in total. The fraction of sp³-hybridized carbons (Fsp3) is 0.324. The number of ether oxygens (including phenoxy) is 9. The Labute approximate surface area is 855 Å². The summed E-state index contributed by atoms with van der Waals surface area (Å²) in [5.41, 5.74) is -18.4. The van der Waals surface area contributed by atoms with E-state index in [1.807, 2.05) is 49.3 Å². The Kier molecular flexibility index (Phi) is 27.8. The molecule has 4 aliphatic heterocycles. The predicted octanol–water partition coefficient (Wildman–Crippen LogP) is 17.0. The second-order valence-corrected chi connectivity index (χ2v) is 38.5. The molecular formula is C105H90Cl4F12N6O21. The number of nitrogens with zero attached hydrogens (tertiary/aromatic N) is 6. The lowest BCUT2D eigenvalue weighted by Gasteiger charge is -2.41. The molecule has 4 saturated carbocycles. The molecule has 12 aromatic rings. The van der Waals surface area contributed by atoms with Gasteiger partial charge >= 0.3 is 36.6 Å². The molecule has 4 fully saturated rings. The number of esters is 1. The van der Waals surface area contributed by atoms with Crippen molar-refractivity contribution < 1.29 is 156 Å². The fourth-order valence-electron chi connectivity index (χ4n) is 23.3. The molecule has 8 heterocycles. The third-order valence-electron chi connectivity index (χ3n) is 29.0. The number of amides is 1. The number of aliphatic carboxylic acids is 1. The van der Waals surface area contributed by atoms with E-state index in [0.717, 1.165) is 85.5 Å². The number of aromatic nitrogens is 4. The first-order chi connectivity index (χ1) is 69.8. The van der Waals surface area contributed by atoms with Crippen molar-refractivity contribution in [1.82, 2.24) is 29.7 Å². The van der Waals surface area contributed by atoms with Crippen molar-refractivity contribution in [2.75, 3.05) is 70.3 Å². The highest BCUT2D eigenvalue weighted by Crippen LogP contribution is 2.76. The molecule has 0 bridgehead atoms. The van der Waals surface area contributed by atoms with Gasteiger partial charge in [-0.05, 0) is 107 Å². The second-order valence-electron chi connectivity index (χ2n) is 37.0. The Bertz CT molecular complexity index is 7040. The van der Waals surface area contributed by atoms with Gasteiger partial charge in [-0.25, -0.2) is 19.9 Å². The molecule has 0 saturated heterocycles. The summed E-state index contributed by atoms with van der Waals surface area (Å²) < 4.78 is 213. The van der Waals surface area contributed by atoms with E-state index in [-0.39, 0.29) is 112 Å². The lowest BCUT2D eigenvalue weighted by atomic mass is 9.70. The molecule has 4 aromatic heterocycles. The molecule has 20 atom stereocenters. The van der Waals surface area contributed by atoms with E-state index in [4.69, 9.17) is 89.0 Å². The van der Waals surface area contributed by atoms with Gasteiger partial charge in [0.2, 0.25) is 29.4 Å². The van der Waals surface area contributed by atoms with Crippen molar-refractivity contribution in [2.45, 2.75) is 118 Å². The average molecular weight is 2140 g/mol. The molecule has 4 aliphatic carbocycles. The molecule has 148 heavy (non-hydrogen) atoms. The van der Waals surface area contributed by atoms with Crippen LogP contribution in [-0.2, 0) is 88.6 Å². The quantitative estimate of drug-likeness (QED) is 0.0232. The molecule has 8 aromatic carbocycles. The zero-order valence-corrected chi connectivity index (χ0v) is 81.9. The number of carbonyl (C=O) groups excluding carboxylic acids is 2. The summed E-state index contributed by atoms with van der Waals surface area (Å²) in [7, 11) is 13.0. The van der Waals surface area contributed by atoms with Gasteiger partial charge in [0.05, 0.1) is 104 Å². The maximum absolute atomic E-state index is 13.6.